The largest absolute Gasteiger partial charge is 0.378 e. The first-order chi connectivity index (χ1) is 13.0. The van der Waals surface area contributed by atoms with Crippen LogP contribution in [0.1, 0.15) is 18.4 Å². The molecular formula is C20H28FN3O3. The molecule has 0 spiro atoms. The van der Waals surface area contributed by atoms with Crippen LogP contribution in [0.4, 0.5) is 4.39 Å². The molecule has 2 amide bonds. The van der Waals surface area contributed by atoms with Crippen LogP contribution in [0.3, 0.4) is 0 Å². The predicted octanol–water partition coefficient (Wildman–Crippen LogP) is 1.35. The Labute approximate surface area is 159 Å². The Morgan fingerprint density at radius 2 is 1.78 bits per heavy atom. The number of hydrogen-bond donors (Lipinski definition) is 0. The van der Waals surface area contributed by atoms with Gasteiger partial charge in [-0.15, -0.1) is 0 Å². The Bertz CT molecular complexity index is 656. The van der Waals surface area contributed by atoms with Gasteiger partial charge >= 0.3 is 0 Å². The molecular weight excluding hydrogens is 349 g/mol. The van der Waals surface area contributed by atoms with Gasteiger partial charge in [0.15, 0.2) is 0 Å². The molecule has 0 unspecified atom stereocenters. The van der Waals surface area contributed by atoms with E-state index in [2.05, 4.69) is 0 Å². The third-order valence-electron chi connectivity index (χ3n) is 5.32. The molecule has 0 bridgehead atoms. The van der Waals surface area contributed by atoms with Gasteiger partial charge in [-0.3, -0.25) is 14.5 Å². The maximum absolute atomic E-state index is 13.7. The second-order valence-electron chi connectivity index (χ2n) is 7.36. The number of hydrogen-bond acceptors (Lipinski definition) is 4. The Kier molecular flexibility index (Phi) is 6.79. The van der Waals surface area contributed by atoms with Gasteiger partial charge in [-0.25, -0.2) is 4.39 Å². The first-order valence-electron chi connectivity index (χ1n) is 9.61. The van der Waals surface area contributed by atoms with Crippen molar-refractivity contribution in [2.24, 2.45) is 5.92 Å². The van der Waals surface area contributed by atoms with E-state index in [0.717, 1.165) is 0 Å². The fourth-order valence-electron chi connectivity index (χ4n) is 3.72. The molecule has 0 N–H and O–H groups in total. The minimum Gasteiger partial charge on any atom is -0.378 e. The van der Waals surface area contributed by atoms with Crippen molar-refractivity contribution in [3.05, 3.63) is 35.6 Å². The van der Waals surface area contributed by atoms with Gasteiger partial charge < -0.3 is 14.5 Å². The van der Waals surface area contributed by atoms with Crippen LogP contribution in [0.5, 0.6) is 0 Å². The summed E-state index contributed by atoms with van der Waals surface area (Å²) in [6.45, 7) is 4.40. The molecule has 148 valence electrons. The lowest BCUT2D eigenvalue weighted by Crippen LogP contribution is -2.48. The molecule has 1 aromatic rings. The zero-order valence-corrected chi connectivity index (χ0v) is 15.9. The van der Waals surface area contributed by atoms with Crippen LogP contribution in [-0.2, 0) is 20.9 Å². The maximum Gasteiger partial charge on any atom is 0.236 e. The molecule has 2 heterocycles. The lowest BCUT2D eigenvalue weighted by atomic mass is 9.95. The van der Waals surface area contributed by atoms with Gasteiger partial charge in [-0.1, -0.05) is 18.2 Å². The van der Waals surface area contributed by atoms with Crippen molar-refractivity contribution in [2.45, 2.75) is 19.4 Å². The molecule has 2 saturated heterocycles. The molecule has 3 rings (SSSR count). The van der Waals surface area contributed by atoms with Crippen molar-refractivity contribution < 1.29 is 18.7 Å². The van der Waals surface area contributed by atoms with Crippen molar-refractivity contribution >= 4 is 11.8 Å². The first kappa shape index (κ1) is 19.8. The second-order valence-corrected chi connectivity index (χ2v) is 7.36. The number of likely N-dealkylation sites (tertiary alicyclic amines) is 1. The lowest BCUT2D eigenvalue weighted by molar-refractivity contribution is -0.144. The van der Waals surface area contributed by atoms with Crippen molar-refractivity contribution in [1.82, 2.24) is 14.7 Å². The van der Waals surface area contributed by atoms with E-state index in [4.69, 9.17) is 4.74 Å². The number of likely N-dealkylation sites (N-methyl/N-ethyl adjacent to an activating group) is 1. The van der Waals surface area contributed by atoms with E-state index in [0.29, 0.717) is 64.3 Å². The summed E-state index contributed by atoms with van der Waals surface area (Å²) >= 11 is 0. The van der Waals surface area contributed by atoms with Gasteiger partial charge in [0.1, 0.15) is 5.82 Å². The number of halogens is 1. The van der Waals surface area contributed by atoms with Gasteiger partial charge in [-0.05, 0) is 26.0 Å². The lowest BCUT2D eigenvalue weighted by Gasteiger charge is -2.36. The summed E-state index contributed by atoms with van der Waals surface area (Å²) in [4.78, 5) is 30.6. The monoisotopic (exact) mass is 377 g/mol. The van der Waals surface area contributed by atoms with Crippen LogP contribution in [0, 0.1) is 11.7 Å². The number of carbonyl (C=O) groups is 2. The highest BCUT2D eigenvalue weighted by atomic mass is 19.1. The predicted molar refractivity (Wildman–Crippen MR) is 99.4 cm³/mol. The highest BCUT2D eigenvalue weighted by molar-refractivity contribution is 5.81. The molecule has 2 aliphatic rings. The van der Waals surface area contributed by atoms with Crippen LogP contribution in [0.2, 0.25) is 0 Å². The smallest absolute Gasteiger partial charge is 0.236 e. The molecule has 6 nitrogen and oxygen atoms in total. The number of morpholine rings is 1. The zero-order valence-electron chi connectivity index (χ0n) is 15.9. The highest BCUT2D eigenvalue weighted by Gasteiger charge is 2.31. The van der Waals surface area contributed by atoms with Gasteiger partial charge in [-0.2, -0.15) is 0 Å². The number of carbonyl (C=O) groups excluding carboxylic acids is 2. The van der Waals surface area contributed by atoms with Crippen molar-refractivity contribution in [1.29, 1.82) is 0 Å². The van der Waals surface area contributed by atoms with E-state index in [-0.39, 0.29) is 30.1 Å². The van der Waals surface area contributed by atoms with Gasteiger partial charge in [0.2, 0.25) is 11.8 Å². The third-order valence-corrected chi connectivity index (χ3v) is 5.32. The SMILES string of the molecule is CN(CC(=O)N1CCC(C(=O)N2CCOCC2)CC1)Cc1ccccc1F. The maximum atomic E-state index is 13.7. The van der Waals surface area contributed by atoms with Crippen LogP contribution in [0.25, 0.3) is 0 Å². The van der Waals surface area contributed by atoms with Gasteiger partial charge in [0.05, 0.1) is 19.8 Å². The van der Waals surface area contributed by atoms with E-state index in [1.54, 1.807) is 18.2 Å². The molecule has 1 aromatic carbocycles. The molecule has 0 aromatic heterocycles. The third kappa shape index (κ3) is 5.26. The van der Waals surface area contributed by atoms with Crippen molar-refractivity contribution in [3.8, 4) is 0 Å². The van der Waals surface area contributed by atoms with E-state index >= 15 is 0 Å². The van der Waals surface area contributed by atoms with E-state index < -0.39 is 0 Å². The van der Waals surface area contributed by atoms with E-state index in [1.165, 1.54) is 6.07 Å². The van der Waals surface area contributed by atoms with E-state index in [1.807, 2.05) is 21.7 Å². The molecule has 27 heavy (non-hydrogen) atoms. The summed E-state index contributed by atoms with van der Waals surface area (Å²) in [5.41, 5.74) is 0.586. The molecule has 2 fully saturated rings. The number of amides is 2. The van der Waals surface area contributed by atoms with Gasteiger partial charge in [0, 0.05) is 44.2 Å². The molecule has 2 aliphatic heterocycles. The second kappa shape index (κ2) is 9.28. The quantitative estimate of drug-likeness (QED) is 0.778. The summed E-state index contributed by atoms with van der Waals surface area (Å²) < 4.78 is 19.0. The minimum absolute atomic E-state index is 0.00305. The number of rotatable bonds is 5. The van der Waals surface area contributed by atoms with Crippen LogP contribution in [-0.4, -0.2) is 79.5 Å². The topological polar surface area (TPSA) is 53.1 Å². The number of benzene rings is 1. The van der Waals surface area contributed by atoms with Crippen LogP contribution < -0.4 is 0 Å². The van der Waals surface area contributed by atoms with Crippen LogP contribution in [0.15, 0.2) is 24.3 Å². The normalized spacial score (nSPS) is 18.8. The Hall–Kier alpha value is -1.99. The van der Waals surface area contributed by atoms with Gasteiger partial charge in [0.25, 0.3) is 0 Å². The van der Waals surface area contributed by atoms with Crippen molar-refractivity contribution in [3.63, 3.8) is 0 Å². The molecule has 0 atom stereocenters. The fraction of sp³-hybridized carbons (Fsp3) is 0.600. The number of ether oxygens (including phenoxy) is 1. The minimum atomic E-state index is -0.251. The Morgan fingerprint density at radius 3 is 2.44 bits per heavy atom. The Morgan fingerprint density at radius 1 is 1.11 bits per heavy atom. The summed E-state index contributed by atoms with van der Waals surface area (Å²) in [7, 11) is 1.82. The number of piperidine rings is 1. The average molecular weight is 377 g/mol. The number of nitrogens with zero attached hydrogens (tertiary/aromatic N) is 3. The molecule has 7 heteroatoms. The highest BCUT2D eigenvalue weighted by Crippen LogP contribution is 2.20. The molecule has 0 saturated carbocycles. The molecule has 0 aliphatic carbocycles. The summed E-state index contributed by atoms with van der Waals surface area (Å²) in [5.74, 6) is -0.0179. The van der Waals surface area contributed by atoms with Crippen molar-refractivity contribution in [2.75, 3.05) is 53.0 Å². The Balaban J connectivity index is 1.44. The summed E-state index contributed by atoms with van der Waals surface area (Å²) in [5, 5.41) is 0. The standard InChI is InChI=1S/C20H28FN3O3/c1-22(14-17-4-2-3-5-18(17)21)15-19(25)23-8-6-16(7-9-23)20(26)24-10-12-27-13-11-24/h2-5,16H,6-15H2,1H3. The first-order valence-corrected chi connectivity index (χ1v) is 9.61. The average Bonchev–Trinajstić information content (AvgIpc) is 2.70. The van der Waals surface area contributed by atoms with E-state index in [9.17, 15) is 14.0 Å². The zero-order chi connectivity index (χ0) is 19.2. The fourth-order valence-corrected chi connectivity index (χ4v) is 3.72. The summed E-state index contributed by atoms with van der Waals surface area (Å²) in [6, 6.07) is 6.62. The summed E-state index contributed by atoms with van der Waals surface area (Å²) in [6.07, 6.45) is 1.41. The van der Waals surface area contributed by atoms with Crippen LogP contribution >= 0.6 is 0 Å². The molecule has 0 radical (unpaired) electrons.